The van der Waals surface area contributed by atoms with Gasteiger partial charge in [-0.2, -0.15) is 0 Å². The lowest BCUT2D eigenvalue weighted by molar-refractivity contribution is 0.187. The first kappa shape index (κ1) is 11.0. The minimum Gasteiger partial charge on any atom is -0.453 e. The molecule has 0 heterocycles. The number of carbonyl (C=O) groups excluding carboxylic acids is 1. The molecule has 0 atom stereocenters. The normalized spacial score (nSPS) is 14.6. The Kier molecular flexibility index (Phi) is 3.41. The van der Waals surface area contributed by atoms with Gasteiger partial charge in [-0.3, -0.25) is 5.32 Å². The van der Waals surface area contributed by atoms with Gasteiger partial charge in [-0.05, 0) is 30.5 Å². The molecule has 0 bridgehead atoms. The van der Waals surface area contributed by atoms with Crippen LogP contribution >= 0.6 is 0 Å². The number of rotatable bonds is 4. The molecule has 1 aliphatic carbocycles. The van der Waals surface area contributed by atoms with Gasteiger partial charge in [0.2, 0.25) is 0 Å². The first-order valence-corrected chi connectivity index (χ1v) is 5.45. The highest BCUT2D eigenvalue weighted by molar-refractivity contribution is 5.84. The summed E-state index contributed by atoms with van der Waals surface area (Å²) in [7, 11) is 1.35. The van der Waals surface area contributed by atoms with Gasteiger partial charge in [0.05, 0.1) is 7.11 Å². The van der Waals surface area contributed by atoms with Crippen LogP contribution in [-0.4, -0.2) is 19.2 Å². The Balaban J connectivity index is 1.92. The van der Waals surface area contributed by atoms with Gasteiger partial charge in [0.1, 0.15) is 0 Å². The van der Waals surface area contributed by atoms with Crippen LogP contribution in [0.25, 0.3) is 0 Å². The van der Waals surface area contributed by atoms with E-state index in [4.69, 9.17) is 0 Å². The van der Waals surface area contributed by atoms with E-state index in [2.05, 4.69) is 15.4 Å². The van der Waals surface area contributed by atoms with E-state index in [-0.39, 0.29) is 0 Å². The third-order valence-corrected chi connectivity index (χ3v) is 2.53. The fourth-order valence-corrected chi connectivity index (χ4v) is 1.48. The molecule has 1 amide bonds. The number of methoxy groups -OCH3 is 1. The van der Waals surface area contributed by atoms with Crippen molar-refractivity contribution in [2.24, 2.45) is 0 Å². The average molecular weight is 220 g/mol. The van der Waals surface area contributed by atoms with Crippen molar-refractivity contribution in [2.45, 2.75) is 25.4 Å². The molecular weight excluding hydrogens is 204 g/mol. The highest BCUT2D eigenvalue weighted by Gasteiger charge is 2.19. The molecule has 4 nitrogen and oxygen atoms in total. The van der Waals surface area contributed by atoms with E-state index in [1.54, 1.807) is 0 Å². The van der Waals surface area contributed by atoms with E-state index in [9.17, 15) is 4.79 Å². The summed E-state index contributed by atoms with van der Waals surface area (Å²) < 4.78 is 4.54. The summed E-state index contributed by atoms with van der Waals surface area (Å²) in [5.74, 6) is 0. The van der Waals surface area contributed by atoms with Crippen molar-refractivity contribution >= 4 is 11.8 Å². The third-order valence-electron chi connectivity index (χ3n) is 2.53. The maximum Gasteiger partial charge on any atom is 0.411 e. The molecule has 1 aliphatic rings. The van der Waals surface area contributed by atoms with Crippen LogP contribution in [0.3, 0.4) is 0 Å². The number of ether oxygens (including phenoxy) is 1. The Morgan fingerprint density at radius 1 is 1.50 bits per heavy atom. The predicted octanol–water partition coefficient (Wildman–Crippen LogP) is 2.12. The molecule has 0 spiro atoms. The molecule has 1 aromatic rings. The number of benzene rings is 1. The molecule has 0 aliphatic heterocycles. The van der Waals surface area contributed by atoms with Gasteiger partial charge >= 0.3 is 6.09 Å². The predicted molar refractivity (Wildman–Crippen MR) is 62.3 cm³/mol. The minimum absolute atomic E-state index is 0.438. The van der Waals surface area contributed by atoms with Gasteiger partial charge < -0.3 is 10.1 Å². The van der Waals surface area contributed by atoms with Crippen LogP contribution in [0, 0.1) is 0 Å². The van der Waals surface area contributed by atoms with Crippen LogP contribution in [0.15, 0.2) is 24.3 Å². The second kappa shape index (κ2) is 4.99. The number of nitrogens with one attached hydrogen (secondary N) is 2. The SMILES string of the molecule is COC(=O)Nc1cccc(CNC2CC2)c1. The van der Waals surface area contributed by atoms with Gasteiger partial charge in [0, 0.05) is 18.3 Å². The first-order valence-electron chi connectivity index (χ1n) is 5.45. The van der Waals surface area contributed by atoms with Crippen molar-refractivity contribution in [3.63, 3.8) is 0 Å². The summed E-state index contributed by atoms with van der Waals surface area (Å²) >= 11 is 0. The molecule has 16 heavy (non-hydrogen) atoms. The highest BCUT2D eigenvalue weighted by Crippen LogP contribution is 2.19. The largest absolute Gasteiger partial charge is 0.453 e. The van der Waals surface area contributed by atoms with Gasteiger partial charge in [-0.1, -0.05) is 12.1 Å². The molecular formula is C12H16N2O2. The first-order chi connectivity index (χ1) is 7.78. The van der Waals surface area contributed by atoms with Crippen molar-refractivity contribution in [1.82, 2.24) is 5.32 Å². The highest BCUT2D eigenvalue weighted by atomic mass is 16.5. The van der Waals surface area contributed by atoms with E-state index in [1.165, 1.54) is 25.5 Å². The van der Waals surface area contributed by atoms with E-state index in [1.807, 2.05) is 24.3 Å². The monoisotopic (exact) mass is 220 g/mol. The van der Waals surface area contributed by atoms with Crippen LogP contribution in [0.5, 0.6) is 0 Å². The maximum absolute atomic E-state index is 11.0. The summed E-state index contributed by atoms with van der Waals surface area (Å²) in [6, 6.07) is 8.45. The molecule has 0 saturated heterocycles. The summed E-state index contributed by atoms with van der Waals surface area (Å²) in [5.41, 5.74) is 1.93. The lowest BCUT2D eigenvalue weighted by atomic mass is 10.2. The zero-order valence-corrected chi connectivity index (χ0v) is 9.32. The Bertz CT molecular complexity index is 375. The Morgan fingerprint density at radius 3 is 3.00 bits per heavy atom. The number of hydrogen-bond acceptors (Lipinski definition) is 3. The Morgan fingerprint density at radius 2 is 2.31 bits per heavy atom. The zero-order valence-electron chi connectivity index (χ0n) is 9.32. The minimum atomic E-state index is -0.438. The van der Waals surface area contributed by atoms with E-state index in [0.29, 0.717) is 6.04 Å². The molecule has 4 heteroatoms. The zero-order chi connectivity index (χ0) is 11.4. The van der Waals surface area contributed by atoms with Crippen LogP contribution < -0.4 is 10.6 Å². The fraction of sp³-hybridized carbons (Fsp3) is 0.417. The third kappa shape index (κ3) is 3.24. The molecule has 1 fully saturated rings. The standard InChI is InChI=1S/C12H16N2O2/c1-16-12(15)14-11-4-2-3-9(7-11)8-13-10-5-6-10/h2-4,7,10,13H,5-6,8H2,1H3,(H,14,15). The van der Waals surface area contributed by atoms with Crippen LogP contribution in [0.2, 0.25) is 0 Å². The quantitative estimate of drug-likeness (QED) is 0.817. The van der Waals surface area contributed by atoms with Crippen molar-refractivity contribution in [2.75, 3.05) is 12.4 Å². The average Bonchev–Trinajstić information content (AvgIpc) is 3.10. The lowest BCUT2D eigenvalue weighted by Gasteiger charge is -2.07. The van der Waals surface area contributed by atoms with Crippen molar-refractivity contribution in [3.05, 3.63) is 29.8 Å². The number of anilines is 1. The molecule has 2 N–H and O–H groups in total. The smallest absolute Gasteiger partial charge is 0.411 e. The molecule has 0 unspecified atom stereocenters. The van der Waals surface area contributed by atoms with Crippen molar-refractivity contribution in [1.29, 1.82) is 0 Å². The molecule has 0 aromatic heterocycles. The second-order valence-electron chi connectivity index (χ2n) is 3.97. The van der Waals surface area contributed by atoms with Crippen LogP contribution in [-0.2, 0) is 11.3 Å². The summed E-state index contributed by atoms with van der Waals surface area (Å²) in [4.78, 5) is 11.0. The van der Waals surface area contributed by atoms with Crippen LogP contribution in [0.1, 0.15) is 18.4 Å². The van der Waals surface area contributed by atoms with Crippen molar-refractivity contribution in [3.8, 4) is 0 Å². The van der Waals surface area contributed by atoms with Gasteiger partial charge in [0.25, 0.3) is 0 Å². The van der Waals surface area contributed by atoms with Gasteiger partial charge in [-0.15, -0.1) is 0 Å². The van der Waals surface area contributed by atoms with Crippen LogP contribution in [0.4, 0.5) is 10.5 Å². The Hall–Kier alpha value is -1.55. The van der Waals surface area contributed by atoms with Crippen molar-refractivity contribution < 1.29 is 9.53 Å². The second-order valence-corrected chi connectivity index (χ2v) is 3.97. The molecule has 1 saturated carbocycles. The molecule has 2 rings (SSSR count). The van der Waals surface area contributed by atoms with E-state index in [0.717, 1.165) is 12.2 Å². The van der Waals surface area contributed by atoms with Gasteiger partial charge in [-0.25, -0.2) is 4.79 Å². The summed E-state index contributed by atoms with van der Waals surface area (Å²) in [6.45, 7) is 0.849. The van der Waals surface area contributed by atoms with E-state index < -0.39 is 6.09 Å². The topological polar surface area (TPSA) is 50.4 Å². The molecule has 86 valence electrons. The number of hydrogen-bond donors (Lipinski definition) is 2. The Labute approximate surface area is 95.0 Å². The maximum atomic E-state index is 11.0. The fourth-order valence-electron chi connectivity index (χ4n) is 1.48. The summed E-state index contributed by atoms with van der Waals surface area (Å²) in [5, 5.41) is 6.07. The van der Waals surface area contributed by atoms with E-state index >= 15 is 0 Å². The molecule has 0 radical (unpaired) electrons. The summed E-state index contributed by atoms with van der Waals surface area (Å²) in [6.07, 6.45) is 2.12. The number of amides is 1. The number of carbonyl (C=O) groups is 1. The lowest BCUT2D eigenvalue weighted by Crippen LogP contribution is -2.16. The van der Waals surface area contributed by atoms with Gasteiger partial charge in [0.15, 0.2) is 0 Å². The molecule has 1 aromatic carbocycles.